The van der Waals surface area contributed by atoms with Crippen LogP contribution in [0.3, 0.4) is 0 Å². The maximum atomic E-state index is 13.2. The van der Waals surface area contributed by atoms with Crippen LogP contribution in [0.15, 0.2) is 48.9 Å². The summed E-state index contributed by atoms with van der Waals surface area (Å²) >= 11 is 0. The molecule has 0 unspecified atom stereocenters. The van der Waals surface area contributed by atoms with Gasteiger partial charge in [-0.1, -0.05) is 12.1 Å². The second kappa shape index (κ2) is 10.3. The van der Waals surface area contributed by atoms with Crippen molar-refractivity contribution >= 4 is 28.7 Å². The number of anilines is 2. The van der Waals surface area contributed by atoms with Gasteiger partial charge in [0, 0.05) is 69.0 Å². The standard InChI is InChI=1S/C27H29N9O2/c1-34-5-7-36(8-6-34)26(37)19-4-2-3-18(13-19)20-14-22-23(29-15-20)25(35-9-11-38-12-10-35)33-24(32-22)21-16-30-27(28)31-17-21/h2-4,13-17H,5-12H2,1H3,(H2,28,30,31). The average molecular weight is 512 g/mol. The van der Waals surface area contributed by atoms with Crippen LogP contribution in [0.25, 0.3) is 33.5 Å². The highest BCUT2D eigenvalue weighted by Gasteiger charge is 2.22. The van der Waals surface area contributed by atoms with Gasteiger partial charge >= 0.3 is 0 Å². The van der Waals surface area contributed by atoms with Crippen molar-refractivity contribution in [2.45, 2.75) is 0 Å². The summed E-state index contributed by atoms with van der Waals surface area (Å²) in [5.74, 6) is 1.49. The molecular formula is C27H29N9O2. The van der Waals surface area contributed by atoms with Gasteiger partial charge in [0.25, 0.3) is 5.91 Å². The first kappa shape index (κ1) is 24.1. The number of fused-ring (bicyclic) bond motifs is 1. The molecule has 3 aromatic heterocycles. The van der Waals surface area contributed by atoms with Crippen molar-refractivity contribution in [3.05, 3.63) is 54.5 Å². The van der Waals surface area contributed by atoms with Gasteiger partial charge < -0.3 is 25.2 Å². The van der Waals surface area contributed by atoms with Crippen molar-refractivity contribution in [2.24, 2.45) is 0 Å². The Bertz CT molecular complexity index is 1460. The van der Waals surface area contributed by atoms with Crippen LogP contribution < -0.4 is 10.6 Å². The highest BCUT2D eigenvalue weighted by molar-refractivity contribution is 5.96. The van der Waals surface area contributed by atoms with E-state index in [1.54, 1.807) is 12.4 Å². The van der Waals surface area contributed by atoms with E-state index in [9.17, 15) is 4.79 Å². The lowest BCUT2D eigenvalue weighted by Crippen LogP contribution is -2.47. The van der Waals surface area contributed by atoms with Crippen LogP contribution in [-0.4, -0.2) is 100 Å². The summed E-state index contributed by atoms with van der Waals surface area (Å²) in [4.78, 5) is 42.2. The Morgan fingerprint density at radius 2 is 1.61 bits per heavy atom. The molecule has 0 spiro atoms. The van der Waals surface area contributed by atoms with Gasteiger partial charge in [-0.2, -0.15) is 0 Å². The van der Waals surface area contributed by atoms with Gasteiger partial charge in [0.05, 0.1) is 24.3 Å². The number of likely N-dealkylation sites (N-methyl/N-ethyl adjacent to an activating group) is 1. The van der Waals surface area contributed by atoms with Gasteiger partial charge in [-0.3, -0.25) is 9.78 Å². The van der Waals surface area contributed by atoms with Gasteiger partial charge in [0.2, 0.25) is 5.95 Å². The van der Waals surface area contributed by atoms with Crippen LogP contribution in [0.1, 0.15) is 10.4 Å². The smallest absolute Gasteiger partial charge is 0.253 e. The molecule has 5 heterocycles. The number of piperazine rings is 1. The molecule has 2 aliphatic heterocycles. The molecular weight excluding hydrogens is 482 g/mol. The Morgan fingerprint density at radius 1 is 0.868 bits per heavy atom. The molecule has 0 radical (unpaired) electrons. The van der Waals surface area contributed by atoms with E-state index in [2.05, 4.69) is 26.8 Å². The van der Waals surface area contributed by atoms with E-state index in [0.29, 0.717) is 54.3 Å². The van der Waals surface area contributed by atoms with E-state index in [-0.39, 0.29) is 11.9 Å². The molecule has 4 aromatic rings. The Hall–Kier alpha value is -4.22. The molecule has 11 heteroatoms. The number of amides is 1. The number of carbonyl (C=O) groups is 1. The van der Waals surface area contributed by atoms with Crippen molar-refractivity contribution in [3.8, 4) is 22.5 Å². The summed E-state index contributed by atoms with van der Waals surface area (Å²) in [6, 6.07) is 9.70. The molecule has 1 aromatic carbocycles. The minimum Gasteiger partial charge on any atom is -0.378 e. The molecule has 0 aliphatic carbocycles. The van der Waals surface area contributed by atoms with E-state index in [4.69, 9.17) is 25.4 Å². The third-order valence-corrected chi connectivity index (χ3v) is 6.99. The zero-order valence-corrected chi connectivity index (χ0v) is 21.2. The summed E-state index contributed by atoms with van der Waals surface area (Å²) < 4.78 is 5.55. The summed E-state index contributed by atoms with van der Waals surface area (Å²) in [6.45, 7) is 5.90. The normalized spacial score (nSPS) is 16.7. The third kappa shape index (κ3) is 4.85. The number of hydrogen-bond donors (Lipinski definition) is 1. The van der Waals surface area contributed by atoms with Crippen molar-refractivity contribution in [1.82, 2.24) is 34.7 Å². The fourth-order valence-corrected chi connectivity index (χ4v) is 4.76. The number of hydrogen-bond acceptors (Lipinski definition) is 10. The first-order chi connectivity index (χ1) is 18.5. The zero-order valence-electron chi connectivity index (χ0n) is 21.2. The number of ether oxygens (including phenoxy) is 1. The van der Waals surface area contributed by atoms with E-state index >= 15 is 0 Å². The predicted molar refractivity (Wildman–Crippen MR) is 145 cm³/mol. The minimum atomic E-state index is 0.0521. The largest absolute Gasteiger partial charge is 0.378 e. The highest BCUT2D eigenvalue weighted by Crippen LogP contribution is 2.30. The molecule has 1 amide bonds. The topological polar surface area (TPSA) is 126 Å². The van der Waals surface area contributed by atoms with E-state index in [0.717, 1.165) is 43.1 Å². The molecule has 2 fully saturated rings. The number of benzene rings is 1. The summed E-state index contributed by atoms with van der Waals surface area (Å²) in [5.41, 5.74) is 10.2. The number of nitrogens with zero attached hydrogens (tertiary/aromatic N) is 8. The van der Waals surface area contributed by atoms with Gasteiger partial charge in [-0.15, -0.1) is 0 Å². The van der Waals surface area contributed by atoms with Crippen LogP contribution in [0.5, 0.6) is 0 Å². The number of nitrogens with two attached hydrogens (primary N) is 1. The Morgan fingerprint density at radius 3 is 2.37 bits per heavy atom. The van der Waals surface area contributed by atoms with Crippen molar-refractivity contribution in [2.75, 3.05) is 70.2 Å². The fraction of sp³-hybridized carbons (Fsp3) is 0.333. The average Bonchev–Trinajstić information content (AvgIpc) is 2.97. The zero-order chi connectivity index (χ0) is 26.1. The van der Waals surface area contributed by atoms with E-state index < -0.39 is 0 Å². The molecule has 0 bridgehead atoms. The quantitative estimate of drug-likeness (QED) is 0.434. The molecule has 0 saturated carbocycles. The Balaban J connectivity index is 1.39. The number of aromatic nitrogens is 5. The van der Waals surface area contributed by atoms with Crippen LogP contribution in [0, 0.1) is 0 Å². The van der Waals surface area contributed by atoms with Crippen molar-refractivity contribution in [1.29, 1.82) is 0 Å². The van der Waals surface area contributed by atoms with Crippen LogP contribution >= 0.6 is 0 Å². The first-order valence-corrected chi connectivity index (χ1v) is 12.7. The molecule has 11 nitrogen and oxygen atoms in total. The minimum absolute atomic E-state index is 0.0521. The SMILES string of the molecule is CN1CCN(C(=O)c2cccc(-c3cnc4c(N5CCOCC5)nc(-c5cnc(N)nc5)nc4c3)c2)CC1. The maximum absolute atomic E-state index is 13.2. The molecule has 2 saturated heterocycles. The molecule has 2 aliphatic rings. The lowest BCUT2D eigenvalue weighted by molar-refractivity contribution is 0.0664. The number of morpholine rings is 1. The van der Waals surface area contributed by atoms with Crippen LogP contribution in [0.2, 0.25) is 0 Å². The second-order valence-corrected chi connectivity index (χ2v) is 9.57. The van der Waals surface area contributed by atoms with E-state index in [1.807, 2.05) is 41.4 Å². The van der Waals surface area contributed by atoms with Crippen molar-refractivity contribution < 1.29 is 9.53 Å². The second-order valence-electron chi connectivity index (χ2n) is 9.57. The first-order valence-electron chi connectivity index (χ1n) is 12.7. The van der Waals surface area contributed by atoms with Crippen LogP contribution in [-0.2, 0) is 4.74 Å². The summed E-state index contributed by atoms with van der Waals surface area (Å²) in [7, 11) is 2.08. The van der Waals surface area contributed by atoms with Crippen molar-refractivity contribution in [3.63, 3.8) is 0 Å². The molecule has 6 rings (SSSR count). The monoisotopic (exact) mass is 511 g/mol. The number of nitrogen functional groups attached to an aromatic ring is 1. The number of carbonyl (C=O) groups excluding carboxylic acids is 1. The predicted octanol–water partition coefficient (Wildman–Crippen LogP) is 1.96. The van der Waals surface area contributed by atoms with Crippen LogP contribution in [0.4, 0.5) is 11.8 Å². The van der Waals surface area contributed by atoms with Gasteiger partial charge in [-0.05, 0) is 30.8 Å². The lowest BCUT2D eigenvalue weighted by Gasteiger charge is -2.32. The third-order valence-electron chi connectivity index (χ3n) is 6.99. The highest BCUT2D eigenvalue weighted by atomic mass is 16.5. The maximum Gasteiger partial charge on any atom is 0.253 e. The van der Waals surface area contributed by atoms with Gasteiger partial charge in [0.15, 0.2) is 11.6 Å². The van der Waals surface area contributed by atoms with Gasteiger partial charge in [0.1, 0.15) is 5.52 Å². The Kier molecular flexibility index (Phi) is 6.52. The Labute approximate surface area is 220 Å². The fourth-order valence-electron chi connectivity index (χ4n) is 4.76. The molecule has 38 heavy (non-hydrogen) atoms. The van der Waals surface area contributed by atoms with Gasteiger partial charge in [-0.25, -0.2) is 19.9 Å². The molecule has 2 N–H and O–H groups in total. The lowest BCUT2D eigenvalue weighted by atomic mass is 10.0. The summed E-state index contributed by atoms with van der Waals surface area (Å²) in [5, 5.41) is 0. The molecule has 194 valence electrons. The summed E-state index contributed by atoms with van der Waals surface area (Å²) in [6.07, 6.45) is 5.07. The van der Waals surface area contributed by atoms with E-state index in [1.165, 1.54) is 0 Å². The molecule has 0 atom stereocenters. The number of pyridine rings is 1. The number of rotatable bonds is 4.